The smallest absolute Gasteiger partial charge is 0.265 e. The molecule has 0 aliphatic carbocycles. The van der Waals surface area contributed by atoms with Gasteiger partial charge in [-0.2, -0.15) is 0 Å². The molecule has 37 heavy (non-hydrogen) atoms. The highest BCUT2D eigenvalue weighted by atomic mass is 16.3. The predicted octanol–water partition coefficient (Wildman–Crippen LogP) is 5.89. The van der Waals surface area contributed by atoms with Crippen LogP contribution in [0.3, 0.4) is 0 Å². The van der Waals surface area contributed by atoms with Gasteiger partial charge in [-0.05, 0) is 41.3 Å². The molecule has 1 atom stereocenters. The van der Waals surface area contributed by atoms with E-state index in [0.29, 0.717) is 10.9 Å². The van der Waals surface area contributed by atoms with Crippen LogP contribution < -0.4 is 15.8 Å². The number of anilines is 2. The number of carbonyl (C=O) groups excluding carboxylic acids is 1. The second-order valence-corrected chi connectivity index (χ2v) is 9.44. The van der Waals surface area contributed by atoms with Crippen LogP contribution in [-0.4, -0.2) is 29.6 Å². The van der Waals surface area contributed by atoms with Crippen LogP contribution in [0.2, 0.25) is 0 Å². The molecule has 1 heterocycles. The van der Waals surface area contributed by atoms with Gasteiger partial charge in [0.05, 0.1) is 11.6 Å². The molecule has 6 nitrogen and oxygen atoms in total. The SMILES string of the molecule is CN(C)c1ccc([C@@H](CC(=O)c2c(O)c3ccccc3n(C)c2=O)Nc2cccc3ccccc23)cc1. The van der Waals surface area contributed by atoms with Crippen molar-refractivity contribution in [3.05, 3.63) is 112 Å². The quantitative estimate of drug-likeness (QED) is 0.278. The highest BCUT2D eigenvalue weighted by Gasteiger charge is 2.25. The largest absolute Gasteiger partial charge is 0.506 e. The van der Waals surface area contributed by atoms with Gasteiger partial charge in [0.2, 0.25) is 0 Å². The van der Waals surface area contributed by atoms with Crippen LogP contribution in [0.25, 0.3) is 21.7 Å². The molecule has 0 amide bonds. The van der Waals surface area contributed by atoms with Crippen LogP contribution in [0.1, 0.15) is 28.4 Å². The van der Waals surface area contributed by atoms with E-state index in [1.807, 2.05) is 85.7 Å². The number of fused-ring (bicyclic) bond motifs is 2. The predicted molar refractivity (Wildman–Crippen MR) is 151 cm³/mol. The molecule has 0 fully saturated rings. The zero-order valence-corrected chi connectivity index (χ0v) is 21.1. The number of carbonyl (C=O) groups is 1. The van der Waals surface area contributed by atoms with Gasteiger partial charge < -0.3 is 19.9 Å². The Morgan fingerprint density at radius 3 is 2.27 bits per heavy atom. The number of para-hydroxylation sites is 1. The number of aromatic hydroxyl groups is 1. The van der Waals surface area contributed by atoms with Crippen molar-refractivity contribution in [1.29, 1.82) is 0 Å². The van der Waals surface area contributed by atoms with Gasteiger partial charge in [-0.25, -0.2) is 0 Å². The lowest BCUT2D eigenvalue weighted by Gasteiger charge is -2.22. The van der Waals surface area contributed by atoms with Crippen LogP contribution in [0.15, 0.2) is 95.8 Å². The summed E-state index contributed by atoms with van der Waals surface area (Å²) >= 11 is 0. The molecular weight excluding hydrogens is 462 g/mol. The summed E-state index contributed by atoms with van der Waals surface area (Å²) < 4.78 is 1.42. The first kappa shape index (κ1) is 24.1. The monoisotopic (exact) mass is 491 g/mol. The first-order chi connectivity index (χ1) is 17.8. The third kappa shape index (κ3) is 4.54. The second-order valence-electron chi connectivity index (χ2n) is 9.44. The number of ketones is 1. The number of aromatic nitrogens is 1. The molecule has 1 aromatic heterocycles. The normalized spacial score (nSPS) is 12.0. The summed E-state index contributed by atoms with van der Waals surface area (Å²) in [7, 11) is 5.57. The molecule has 0 aliphatic heterocycles. The lowest BCUT2D eigenvalue weighted by molar-refractivity contribution is 0.0972. The number of hydrogen-bond donors (Lipinski definition) is 2. The Hall–Kier alpha value is -4.58. The molecule has 0 spiro atoms. The molecule has 0 radical (unpaired) electrons. The molecule has 6 heteroatoms. The van der Waals surface area contributed by atoms with Crippen LogP contribution in [0, 0.1) is 0 Å². The Bertz CT molecular complexity index is 1660. The first-order valence-electron chi connectivity index (χ1n) is 12.2. The number of nitrogens with zero attached hydrogens (tertiary/aromatic N) is 2. The molecule has 0 unspecified atom stereocenters. The molecule has 0 bridgehead atoms. The van der Waals surface area contributed by atoms with E-state index in [-0.39, 0.29) is 17.7 Å². The zero-order chi connectivity index (χ0) is 26.1. The minimum absolute atomic E-state index is 0.00826. The molecule has 0 saturated heterocycles. The number of aryl methyl sites for hydroxylation is 1. The van der Waals surface area contributed by atoms with Crippen molar-refractivity contribution < 1.29 is 9.90 Å². The minimum atomic E-state index is -0.506. The van der Waals surface area contributed by atoms with Crippen molar-refractivity contribution in [2.24, 2.45) is 7.05 Å². The van der Waals surface area contributed by atoms with Crippen LogP contribution in [0.5, 0.6) is 5.75 Å². The fraction of sp³-hybridized carbons (Fsp3) is 0.161. The fourth-order valence-corrected chi connectivity index (χ4v) is 4.81. The summed E-state index contributed by atoms with van der Waals surface area (Å²) in [4.78, 5) is 28.9. The van der Waals surface area contributed by atoms with Crippen molar-refractivity contribution in [3.63, 3.8) is 0 Å². The van der Waals surface area contributed by atoms with E-state index in [2.05, 4.69) is 5.32 Å². The topological polar surface area (TPSA) is 74.6 Å². The van der Waals surface area contributed by atoms with Crippen molar-refractivity contribution in [1.82, 2.24) is 4.57 Å². The average Bonchev–Trinajstić information content (AvgIpc) is 2.92. The van der Waals surface area contributed by atoms with Gasteiger partial charge in [0, 0.05) is 49.7 Å². The molecule has 186 valence electrons. The van der Waals surface area contributed by atoms with E-state index in [1.54, 1.807) is 31.3 Å². The van der Waals surface area contributed by atoms with Gasteiger partial charge in [-0.1, -0.05) is 60.7 Å². The summed E-state index contributed by atoms with van der Waals surface area (Å²) in [6.45, 7) is 0. The van der Waals surface area contributed by atoms with Crippen molar-refractivity contribution >= 4 is 38.8 Å². The standard InChI is InChI=1S/C31H29N3O3/c1-33(2)22-17-15-21(16-18-22)26(32-25-13-8-10-20-9-4-5-11-23(20)25)19-28(35)29-30(36)24-12-6-7-14-27(24)34(3)31(29)37/h4-18,26,32,36H,19H2,1-3H3/t26-/m1/s1. The number of rotatable bonds is 7. The average molecular weight is 492 g/mol. The van der Waals surface area contributed by atoms with Gasteiger partial charge >= 0.3 is 0 Å². The molecule has 0 aliphatic rings. The second kappa shape index (κ2) is 9.82. The van der Waals surface area contributed by atoms with Crippen molar-refractivity contribution in [2.75, 3.05) is 24.3 Å². The fourth-order valence-electron chi connectivity index (χ4n) is 4.81. The number of Topliss-reactive ketones (excluding diaryl/α,β-unsaturated/α-hetero) is 1. The molecule has 5 aromatic rings. The summed E-state index contributed by atoms with van der Waals surface area (Å²) in [6.07, 6.45) is -0.00826. The maximum atomic E-state index is 13.7. The Labute approximate surface area is 215 Å². The molecule has 0 saturated carbocycles. The summed E-state index contributed by atoms with van der Waals surface area (Å²) in [5.41, 5.74) is 2.72. The highest BCUT2D eigenvalue weighted by molar-refractivity contribution is 6.04. The van der Waals surface area contributed by atoms with Gasteiger partial charge in [0.1, 0.15) is 11.3 Å². The van der Waals surface area contributed by atoms with E-state index in [4.69, 9.17) is 0 Å². The van der Waals surface area contributed by atoms with Crippen LogP contribution >= 0.6 is 0 Å². The van der Waals surface area contributed by atoms with E-state index in [0.717, 1.165) is 27.7 Å². The van der Waals surface area contributed by atoms with Gasteiger partial charge in [-0.3, -0.25) is 9.59 Å². The van der Waals surface area contributed by atoms with Crippen LogP contribution in [-0.2, 0) is 7.05 Å². The number of benzene rings is 4. The summed E-state index contributed by atoms with van der Waals surface area (Å²) in [5, 5.41) is 17.1. The number of hydrogen-bond acceptors (Lipinski definition) is 5. The maximum Gasteiger partial charge on any atom is 0.265 e. The molecule has 4 aromatic carbocycles. The van der Waals surface area contributed by atoms with Crippen molar-refractivity contribution in [3.8, 4) is 5.75 Å². The van der Waals surface area contributed by atoms with E-state index >= 15 is 0 Å². The van der Waals surface area contributed by atoms with Gasteiger partial charge in [0.15, 0.2) is 5.78 Å². The lowest BCUT2D eigenvalue weighted by Crippen LogP contribution is -2.26. The Balaban J connectivity index is 1.57. The molecule has 5 rings (SSSR count). The Morgan fingerprint density at radius 2 is 1.54 bits per heavy atom. The highest BCUT2D eigenvalue weighted by Crippen LogP contribution is 2.32. The lowest BCUT2D eigenvalue weighted by atomic mass is 9.96. The Kier molecular flexibility index (Phi) is 6.40. The molecule has 2 N–H and O–H groups in total. The van der Waals surface area contributed by atoms with E-state index < -0.39 is 17.4 Å². The summed E-state index contributed by atoms with van der Waals surface area (Å²) in [5.74, 6) is -0.686. The van der Waals surface area contributed by atoms with E-state index in [1.165, 1.54) is 4.57 Å². The van der Waals surface area contributed by atoms with Crippen molar-refractivity contribution in [2.45, 2.75) is 12.5 Å². The van der Waals surface area contributed by atoms with Gasteiger partial charge in [0.25, 0.3) is 5.56 Å². The number of pyridine rings is 1. The van der Waals surface area contributed by atoms with Crippen LogP contribution in [0.4, 0.5) is 11.4 Å². The van der Waals surface area contributed by atoms with Gasteiger partial charge in [-0.15, -0.1) is 0 Å². The number of nitrogens with one attached hydrogen (secondary N) is 1. The van der Waals surface area contributed by atoms with E-state index in [9.17, 15) is 14.7 Å². The third-order valence-electron chi connectivity index (χ3n) is 6.88. The maximum absolute atomic E-state index is 13.7. The molecular formula is C31H29N3O3. The Morgan fingerprint density at radius 1 is 0.892 bits per heavy atom. The first-order valence-corrected chi connectivity index (χ1v) is 12.2. The minimum Gasteiger partial charge on any atom is -0.506 e. The zero-order valence-electron chi connectivity index (χ0n) is 21.1. The third-order valence-corrected chi connectivity index (χ3v) is 6.88. The summed E-state index contributed by atoms with van der Waals surface area (Å²) in [6, 6.07) is 28.7.